The van der Waals surface area contributed by atoms with E-state index in [2.05, 4.69) is 50.3 Å². The van der Waals surface area contributed by atoms with Crippen LogP contribution in [-0.2, 0) is 0 Å². The summed E-state index contributed by atoms with van der Waals surface area (Å²) in [5, 5.41) is 13.5. The van der Waals surface area contributed by atoms with Gasteiger partial charge in [-0.05, 0) is 39.5 Å². The SMILES string of the molecule is COc1cc(C=NNc2nc(-c3ccccc3)c(C#N)c(=O)[nH]2)cc(Br)c1OCC(C)C. The maximum Gasteiger partial charge on any atom is 0.270 e. The van der Waals surface area contributed by atoms with Crippen LogP contribution in [0.1, 0.15) is 25.0 Å². The lowest BCUT2D eigenvalue weighted by Gasteiger charge is -2.14. The van der Waals surface area contributed by atoms with E-state index in [1.54, 1.807) is 31.5 Å². The molecule has 0 unspecified atom stereocenters. The highest BCUT2D eigenvalue weighted by atomic mass is 79.9. The van der Waals surface area contributed by atoms with Gasteiger partial charge >= 0.3 is 0 Å². The topological polar surface area (TPSA) is 112 Å². The van der Waals surface area contributed by atoms with Crippen LogP contribution in [0.25, 0.3) is 11.3 Å². The summed E-state index contributed by atoms with van der Waals surface area (Å²) >= 11 is 3.51. The molecule has 0 aliphatic heterocycles. The molecule has 8 nitrogen and oxygen atoms in total. The van der Waals surface area contributed by atoms with E-state index in [0.717, 1.165) is 10.0 Å². The van der Waals surface area contributed by atoms with Gasteiger partial charge in [0.1, 0.15) is 11.6 Å². The van der Waals surface area contributed by atoms with Crippen LogP contribution in [0.15, 0.2) is 56.8 Å². The minimum Gasteiger partial charge on any atom is -0.493 e. The number of hydrazone groups is 1. The second-order valence-corrected chi connectivity index (χ2v) is 8.08. The number of nitrogens with zero attached hydrogens (tertiary/aromatic N) is 3. The summed E-state index contributed by atoms with van der Waals surface area (Å²) in [4.78, 5) is 19.2. The van der Waals surface area contributed by atoms with Crippen LogP contribution >= 0.6 is 15.9 Å². The number of halogens is 1. The summed E-state index contributed by atoms with van der Waals surface area (Å²) in [5.74, 6) is 1.68. The molecule has 9 heteroatoms. The molecule has 164 valence electrons. The first kappa shape index (κ1) is 23.0. The summed E-state index contributed by atoms with van der Waals surface area (Å²) in [6, 6.07) is 14.6. The van der Waals surface area contributed by atoms with Crippen LogP contribution in [0.4, 0.5) is 5.95 Å². The Morgan fingerprint density at radius 3 is 2.72 bits per heavy atom. The molecule has 3 rings (SSSR count). The van der Waals surface area contributed by atoms with Crippen molar-refractivity contribution < 1.29 is 9.47 Å². The van der Waals surface area contributed by atoms with Gasteiger partial charge in [0.25, 0.3) is 5.56 Å². The average molecular weight is 496 g/mol. The summed E-state index contributed by atoms with van der Waals surface area (Å²) in [6.45, 7) is 4.70. The molecule has 3 aromatic rings. The standard InChI is InChI=1S/C23H22BrN5O3/c1-14(2)13-32-21-18(24)9-15(10-19(21)31-3)12-26-29-23-27-20(16-7-5-4-6-8-16)17(11-25)22(30)28-23/h4-10,12,14H,13H2,1-3H3,(H2,27,28,29,30). The number of nitrogens with one attached hydrogen (secondary N) is 2. The van der Waals surface area contributed by atoms with E-state index in [4.69, 9.17) is 9.47 Å². The summed E-state index contributed by atoms with van der Waals surface area (Å²) in [6.07, 6.45) is 1.56. The highest BCUT2D eigenvalue weighted by Gasteiger charge is 2.14. The molecule has 0 fully saturated rings. The lowest BCUT2D eigenvalue weighted by Crippen LogP contribution is -2.16. The molecule has 0 aliphatic carbocycles. The van der Waals surface area contributed by atoms with E-state index < -0.39 is 5.56 Å². The minimum absolute atomic E-state index is 0.0589. The van der Waals surface area contributed by atoms with Gasteiger partial charge in [0.05, 0.1) is 30.1 Å². The zero-order chi connectivity index (χ0) is 23.1. The second kappa shape index (κ2) is 10.6. The number of hydrogen-bond donors (Lipinski definition) is 2. The Kier molecular flexibility index (Phi) is 7.63. The quantitative estimate of drug-likeness (QED) is 0.349. The van der Waals surface area contributed by atoms with Crippen LogP contribution < -0.4 is 20.5 Å². The zero-order valence-corrected chi connectivity index (χ0v) is 19.4. The Morgan fingerprint density at radius 1 is 1.31 bits per heavy atom. The van der Waals surface area contributed by atoms with E-state index in [-0.39, 0.29) is 17.2 Å². The fourth-order valence-corrected chi connectivity index (χ4v) is 3.38. The van der Waals surface area contributed by atoms with Crippen LogP contribution in [-0.4, -0.2) is 29.9 Å². The summed E-state index contributed by atoms with van der Waals surface area (Å²) < 4.78 is 12.0. The molecular weight excluding hydrogens is 474 g/mol. The zero-order valence-electron chi connectivity index (χ0n) is 17.8. The maximum absolute atomic E-state index is 12.3. The Bertz CT molecular complexity index is 1220. The van der Waals surface area contributed by atoms with Gasteiger partial charge in [-0.25, -0.2) is 10.4 Å². The lowest BCUT2D eigenvalue weighted by molar-refractivity contribution is 0.255. The van der Waals surface area contributed by atoms with Crippen molar-refractivity contribution in [1.82, 2.24) is 9.97 Å². The number of hydrogen-bond acceptors (Lipinski definition) is 7. The van der Waals surface area contributed by atoms with E-state index in [0.29, 0.717) is 29.6 Å². The Balaban J connectivity index is 1.85. The predicted octanol–water partition coefficient (Wildman–Crippen LogP) is 4.56. The molecule has 0 radical (unpaired) electrons. The van der Waals surface area contributed by atoms with Gasteiger partial charge in [0.15, 0.2) is 11.5 Å². The van der Waals surface area contributed by atoms with E-state index in [1.807, 2.05) is 30.3 Å². The van der Waals surface area contributed by atoms with Crippen molar-refractivity contribution in [3.8, 4) is 28.8 Å². The summed E-state index contributed by atoms with van der Waals surface area (Å²) in [7, 11) is 1.57. The molecule has 2 aromatic carbocycles. The lowest BCUT2D eigenvalue weighted by atomic mass is 10.1. The number of nitriles is 1. The predicted molar refractivity (Wildman–Crippen MR) is 127 cm³/mol. The minimum atomic E-state index is -0.546. The van der Waals surface area contributed by atoms with Gasteiger partial charge in [0, 0.05) is 5.56 Å². The third kappa shape index (κ3) is 5.53. The molecule has 0 atom stereocenters. The molecule has 1 heterocycles. The van der Waals surface area contributed by atoms with Gasteiger partial charge in [-0.15, -0.1) is 0 Å². The molecule has 0 spiro atoms. The number of anilines is 1. The first-order chi connectivity index (χ1) is 15.4. The van der Waals surface area contributed by atoms with Crippen LogP contribution in [0, 0.1) is 17.2 Å². The Hall–Kier alpha value is -3.64. The van der Waals surface area contributed by atoms with Crippen LogP contribution in [0.5, 0.6) is 11.5 Å². The number of aromatic nitrogens is 2. The highest BCUT2D eigenvalue weighted by Crippen LogP contribution is 2.36. The van der Waals surface area contributed by atoms with Crippen LogP contribution in [0.3, 0.4) is 0 Å². The van der Waals surface area contributed by atoms with Crippen molar-refractivity contribution in [3.05, 3.63) is 68.4 Å². The van der Waals surface area contributed by atoms with Crippen molar-refractivity contribution in [2.24, 2.45) is 11.0 Å². The monoisotopic (exact) mass is 495 g/mol. The first-order valence-corrected chi connectivity index (χ1v) is 10.6. The smallest absolute Gasteiger partial charge is 0.270 e. The Morgan fingerprint density at radius 2 is 2.06 bits per heavy atom. The van der Waals surface area contributed by atoms with Crippen molar-refractivity contribution in [2.45, 2.75) is 13.8 Å². The highest BCUT2D eigenvalue weighted by molar-refractivity contribution is 9.10. The molecule has 0 saturated heterocycles. The number of ether oxygens (including phenoxy) is 2. The van der Waals surface area contributed by atoms with E-state index in [1.165, 1.54) is 0 Å². The van der Waals surface area contributed by atoms with E-state index in [9.17, 15) is 10.1 Å². The molecule has 1 aromatic heterocycles. The average Bonchev–Trinajstić information content (AvgIpc) is 2.78. The molecule has 0 saturated carbocycles. The van der Waals surface area contributed by atoms with Crippen molar-refractivity contribution in [1.29, 1.82) is 5.26 Å². The van der Waals surface area contributed by atoms with Gasteiger partial charge < -0.3 is 9.47 Å². The molecule has 0 bridgehead atoms. The van der Waals surface area contributed by atoms with Crippen LogP contribution in [0.2, 0.25) is 0 Å². The molecule has 0 aliphatic rings. The number of benzene rings is 2. The van der Waals surface area contributed by atoms with Crippen molar-refractivity contribution >= 4 is 28.1 Å². The molecule has 2 N–H and O–H groups in total. The first-order valence-electron chi connectivity index (χ1n) is 9.82. The van der Waals surface area contributed by atoms with Gasteiger partial charge in [-0.2, -0.15) is 10.4 Å². The molecule has 0 amide bonds. The van der Waals surface area contributed by atoms with Crippen molar-refractivity contribution in [3.63, 3.8) is 0 Å². The number of methoxy groups -OCH3 is 1. The molecular formula is C23H22BrN5O3. The number of aromatic amines is 1. The van der Waals surface area contributed by atoms with Gasteiger partial charge in [-0.3, -0.25) is 9.78 Å². The number of rotatable bonds is 8. The normalized spacial score (nSPS) is 10.9. The van der Waals surface area contributed by atoms with Crippen molar-refractivity contribution in [2.75, 3.05) is 19.1 Å². The fourth-order valence-electron chi connectivity index (χ4n) is 2.81. The van der Waals surface area contributed by atoms with Gasteiger partial charge in [-0.1, -0.05) is 44.2 Å². The largest absolute Gasteiger partial charge is 0.493 e. The maximum atomic E-state index is 12.3. The third-order valence-corrected chi connectivity index (χ3v) is 4.86. The Labute approximate surface area is 194 Å². The van der Waals surface area contributed by atoms with E-state index >= 15 is 0 Å². The fraction of sp³-hybridized carbons (Fsp3) is 0.217. The number of H-pyrrole nitrogens is 1. The second-order valence-electron chi connectivity index (χ2n) is 7.22. The summed E-state index contributed by atoms with van der Waals surface area (Å²) in [5.41, 5.74) is 3.78. The van der Waals surface area contributed by atoms with Gasteiger partial charge in [0.2, 0.25) is 5.95 Å². The molecule has 32 heavy (non-hydrogen) atoms. The third-order valence-electron chi connectivity index (χ3n) is 4.28.